The second kappa shape index (κ2) is 8.01. The highest BCUT2D eigenvalue weighted by atomic mass is 32.2. The topological polar surface area (TPSA) is 97.7 Å². The van der Waals surface area contributed by atoms with Crippen molar-refractivity contribution in [2.45, 2.75) is 32.9 Å². The average molecular weight is 462 g/mol. The van der Waals surface area contributed by atoms with Crippen LogP contribution in [0.2, 0.25) is 0 Å². The number of benzene rings is 2. The summed E-state index contributed by atoms with van der Waals surface area (Å²) in [5.74, 6) is -0.202. The first kappa shape index (κ1) is 21.4. The van der Waals surface area contributed by atoms with Gasteiger partial charge in [0, 0.05) is 11.7 Å². The van der Waals surface area contributed by atoms with E-state index in [4.69, 9.17) is 4.74 Å². The van der Waals surface area contributed by atoms with Crippen LogP contribution in [0, 0.1) is 0 Å². The number of anilines is 2. The molecule has 2 aromatic carbocycles. The maximum atomic E-state index is 12.9. The summed E-state index contributed by atoms with van der Waals surface area (Å²) >= 11 is 1.12. The number of ether oxygens (including phenoxy) is 1. The molecule has 1 unspecified atom stereocenters. The number of carbonyl (C=O) groups excluding carboxylic acids is 1. The van der Waals surface area contributed by atoms with E-state index >= 15 is 0 Å². The van der Waals surface area contributed by atoms with Crippen molar-refractivity contribution in [1.82, 2.24) is 4.57 Å². The van der Waals surface area contributed by atoms with Crippen molar-refractivity contribution in [2.75, 3.05) is 21.9 Å². The molecule has 164 valence electrons. The number of amides is 1. The summed E-state index contributed by atoms with van der Waals surface area (Å²) in [6, 6.07) is 12.1. The molecule has 1 aliphatic rings. The number of nitrogens with zero attached hydrogens (tertiary/aromatic N) is 2. The lowest BCUT2D eigenvalue weighted by Crippen LogP contribution is -2.49. The third-order valence-electron chi connectivity index (χ3n) is 5.13. The van der Waals surface area contributed by atoms with Crippen LogP contribution in [0.3, 0.4) is 0 Å². The van der Waals surface area contributed by atoms with E-state index in [9.17, 15) is 18.0 Å². The molecule has 1 aromatic heterocycles. The molecular formula is C21H23N3O5S2. The van der Waals surface area contributed by atoms with Crippen LogP contribution in [0.15, 0.2) is 47.3 Å². The van der Waals surface area contributed by atoms with Gasteiger partial charge in [0.2, 0.25) is 10.0 Å². The summed E-state index contributed by atoms with van der Waals surface area (Å²) in [5.41, 5.74) is 1.75. The molecule has 31 heavy (non-hydrogen) atoms. The minimum Gasteiger partial charge on any atom is -0.476 e. The van der Waals surface area contributed by atoms with Crippen LogP contribution in [0.25, 0.3) is 10.2 Å². The monoisotopic (exact) mass is 461 g/mol. The minimum absolute atomic E-state index is 0.0314. The molecule has 1 amide bonds. The van der Waals surface area contributed by atoms with Crippen LogP contribution in [0.4, 0.5) is 11.4 Å². The second-order valence-electron chi connectivity index (χ2n) is 7.51. The molecule has 2 heterocycles. The molecule has 1 atom stereocenters. The number of fused-ring (bicyclic) bond motifs is 2. The van der Waals surface area contributed by atoms with Gasteiger partial charge in [0.25, 0.3) is 5.91 Å². The van der Waals surface area contributed by atoms with Crippen molar-refractivity contribution in [1.29, 1.82) is 0 Å². The first-order valence-electron chi connectivity index (χ1n) is 9.93. The highest BCUT2D eigenvalue weighted by Crippen LogP contribution is 2.35. The van der Waals surface area contributed by atoms with Crippen molar-refractivity contribution in [3.63, 3.8) is 0 Å². The predicted molar refractivity (Wildman–Crippen MR) is 123 cm³/mol. The van der Waals surface area contributed by atoms with E-state index in [1.165, 1.54) is 4.31 Å². The van der Waals surface area contributed by atoms with Crippen LogP contribution < -0.4 is 19.2 Å². The predicted octanol–water partition coefficient (Wildman–Crippen LogP) is 3.20. The molecule has 0 spiro atoms. The Labute approximate surface area is 184 Å². The molecule has 3 aromatic rings. The van der Waals surface area contributed by atoms with Crippen molar-refractivity contribution in [3.8, 4) is 5.75 Å². The summed E-state index contributed by atoms with van der Waals surface area (Å²) in [6.07, 6.45) is -1.01. The Morgan fingerprint density at radius 3 is 2.71 bits per heavy atom. The van der Waals surface area contributed by atoms with Crippen molar-refractivity contribution in [3.05, 3.63) is 52.1 Å². The van der Waals surface area contributed by atoms with Crippen molar-refractivity contribution < 1.29 is 17.9 Å². The quantitative estimate of drug-likeness (QED) is 0.629. The molecule has 0 saturated heterocycles. The fourth-order valence-corrected chi connectivity index (χ4v) is 5.76. The molecule has 0 radical (unpaired) electrons. The number of thiazole rings is 1. The zero-order valence-electron chi connectivity index (χ0n) is 17.4. The highest BCUT2D eigenvalue weighted by molar-refractivity contribution is 7.92. The molecule has 0 saturated carbocycles. The first-order valence-corrected chi connectivity index (χ1v) is 12.4. The highest BCUT2D eigenvalue weighted by Gasteiger charge is 2.36. The number of rotatable bonds is 5. The van der Waals surface area contributed by atoms with Crippen LogP contribution in [-0.4, -0.2) is 37.3 Å². The Bertz CT molecular complexity index is 1310. The van der Waals surface area contributed by atoms with Gasteiger partial charge < -0.3 is 10.1 Å². The Balaban J connectivity index is 1.61. The third-order valence-corrected chi connectivity index (χ3v) is 7.79. The van der Waals surface area contributed by atoms with E-state index in [0.29, 0.717) is 17.1 Å². The van der Waals surface area contributed by atoms with Gasteiger partial charge in [-0.25, -0.2) is 8.42 Å². The number of hydrogen-bond donors (Lipinski definition) is 1. The fourth-order valence-electron chi connectivity index (χ4n) is 3.58. The average Bonchev–Trinajstić information content (AvgIpc) is 3.07. The number of nitrogens with one attached hydrogen (secondary N) is 1. The van der Waals surface area contributed by atoms with Gasteiger partial charge in [-0.15, -0.1) is 0 Å². The summed E-state index contributed by atoms with van der Waals surface area (Å²) in [5, 5.41) is 2.79. The number of aromatic nitrogens is 1. The van der Waals surface area contributed by atoms with Crippen LogP contribution in [-0.2, 0) is 14.8 Å². The SMILES string of the molecule is CCS(=O)(=O)N1CC(C(=O)Nc2ccc3c(c2)sc(=O)n3C(C)C)Oc2ccccc21. The van der Waals surface area contributed by atoms with Crippen molar-refractivity contribution >= 4 is 48.9 Å². The molecule has 0 aliphatic carbocycles. The van der Waals surface area contributed by atoms with Gasteiger partial charge in [0.15, 0.2) is 6.10 Å². The van der Waals surface area contributed by atoms with Gasteiger partial charge in [-0.05, 0) is 51.1 Å². The van der Waals surface area contributed by atoms with Crippen molar-refractivity contribution in [2.24, 2.45) is 0 Å². The maximum absolute atomic E-state index is 12.9. The molecule has 10 heteroatoms. The molecular weight excluding hydrogens is 438 g/mol. The normalized spacial score (nSPS) is 16.3. The van der Waals surface area contributed by atoms with Gasteiger partial charge in [-0.1, -0.05) is 23.5 Å². The van der Waals surface area contributed by atoms with E-state index in [1.807, 2.05) is 13.8 Å². The number of sulfonamides is 1. The number of carbonyl (C=O) groups is 1. The summed E-state index contributed by atoms with van der Waals surface area (Å²) in [7, 11) is -3.58. The summed E-state index contributed by atoms with van der Waals surface area (Å²) in [4.78, 5) is 25.1. The lowest BCUT2D eigenvalue weighted by molar-refractivity contribution is -0.122. The molecule has 0 fully saturated rings. The Morgan fingerprint density at radius 1 is 1.26 bits per heavy atom. The molecule has 1 N–H and O–H groups in total. The zero-order chi connectivity index (χ0) is 22.3. The standard InChI is InChI=1S/C21H23N3O5S2/c1-4-31(27,28)23-12-18(29-17-8-6-5-7-15(17)23)20(25)22-14-9-10-16-19(11-14)30-21(26)24(16)13(2)3/h5-11,13,18H,4,12H2,1-3H3,(H,22,25). The van der Waals surface area contributed by atoms with Gasteiger partial charge in [0.1, 0.15) is 5.75 Å². The lowest BCUT2D eigenvalue weighted by atomic mass is 10.2. The van der Waals surface area contributed by atoms with Crippen LogP contribution in [0.5, 0.6) is 5.75 Å². The van der Waals surface area contributed by atoms with E-state index < -0.39 is 22.0 Å². The molecule has 8 nitrogen and oxygen atoms in total. The molecule has 0 bridgehead atoms. The van der Waals surface area contributed by atoms with E-state index in [1.54, 1.807) is 54.0 Å². The summed E-state index contributed by atoms with van der Waals surface area (Å²) in [6.45, 7) is 5.33. The Morgan fingerprint density at radius 2 is 2.00 bits per heavy atom. The van der Waals surface area contributed by atoms with Crippen LogP contribution >= 0.6 is 11.3 Å². The fraction of sp³-hybridized carbons (Fsp3) is 0.333. The third kappa shape index (κ3) is 3.92. The van der Waals surface area contributed by atoms with Crippen LogP contribution in [0.1, 0.15) is 26.8 Å². The Kier molecular flexibility index (Phi) is 5.52. The lowest BCUT2D eigenvalue weighted by Gasteiger charge is -2.34. The van der Waals surface area contributed by atoms with Gasteiger partial charge in [-0.2, -0.15) is 0 Å². The molecule has 1 aliphatic heterocycles. The van der Waals surface area contributed by atoms with Gasteiger partial charge in [-0.3, -0.25) is 18.5 Å². The number of para-hydroxylation sites is 2. The van der Waals surface area contributed by atoms with Gasteiger partial charge >= 0.3 is 4.87 Å². The minimum atomic E-state index is -3.58. The van der Waals surface area contributed by atoms with E-state index in [2.05, 4.69) is 5.32 Å². The largest absolute Gasteiger partial charge is 0.476 e. The Hall–Kier alpha value is -2.85. The van der Waals surface area contributed by atoms with E-state index in [-0.39, 0.29) is 23.2 Å². The second-order valence-corrected chi connectivity index (χ2v) is 10.7. The molecule has 4 rings (SSSR count). The maximum Gasteiger partial charge on any atom is 0.308 e. The zero-order valence-corrected chi connectivity index (χ0v) is 19.0. The summed E-state index contributed by atoms with van der Waals surface area (Å²) < 4.78 is 34.7. The van der Waals surface area contributed by atoms with Gasteiger partial charge in [0.05, 0.1) is 28.2 Å². The smallest absolute Gasteiger partial charge is 0.308 e. The number of hydrogen-bond acceptors (Lipinski definition) is 6. The van der Waals surface area contributed by atoms with E-state index in [0.717, 1.165) is 21.6 Å². The first-order chi connectivity index (χ1) is 14.7.